The minimum atomic E-state index is -0.134. The lowest BCUT2D eigenvalue weighted by Gasteiger charge is -2.49. The van der Waals surface area contributed by atoms with Crippen LogP contribution in [0.5, 0.6) is 0 Å². The van der Waals surface area contributed by atoms with Gasteiger partial charge in [0.2, 0.25) is 0 Å². The minimum absolute atomic E-state index is 0.134. The SMILES string of the molecule is C=C[C@@H]1CN2CC[C@H]1C[C@@H]2CNC(=O)Nc1ccc(Br)cc1. The molecule has 0 spiro atoms. The Kier molecular flexibility index (Phi) is 4.84. The van der Waals surface area contributed by atoms with E-state index in [1.165, 1.54) is 6.42 Å². The van der Waals surface area contributed by atoms with Gasteiger partial charge in [-0.25, -0.2) is 4.79 Å². The fraction of sp³-hybridized carbons (Fsp3) is 0.471. The molecule has 0 saturated carbocycles. The fourth-order valence-electron chi connectivity index (χ4n) is 3.58. The molecule has 4 atom stereocenters. The molecule has 2 amide bonds. The van der Waals surface area contributed by atoms with Crippen molar-refractivity contribution in [3.8, 4) is 0 Å². The summed E-state index contributed by atoms with van der Waals surface area (Å²) in [5.74, 6) is 1.37. The van der Waals surface area contributed by atoms with E-state index in [9.17, 15) is 4.79 Å². The summed E-state index contributed by atoms with van der Waals surface area (Å²) in [5.41, 5.74) is 0.804. The highest BCUT2D eigenvalue weighted by Gasteiger charge is 2.38. The van der Waals surface area contributed by atoms with E-state index in [0.29, 0.717) is 18.5 Å². The van der Waals surface area contributed by atoms with Gasteiger partial charge in [0.1, 0.15) is 0 Å². The first kappa shape index (κ1) is 15.6. The average Bonchev–Trinajstić information content (AvgIpc) is 2.55. The summed E-state index contributed by atoms with van der Waals surface area (Å²) in [5, 5.41) is 5.87. The third-order valence-corrected chi connectivity index (χ3v) is 5.36. The largest absolute Gasteiger partial charge is 0.336 e. The van der Waals surface area contributed by atoms with E-state index in [1.54, 1.807) is 0 Å². The zero-order chi connectivity index (χ0) is 15.5. The number of hydrogen-bond acceptors (Lipinski definition) is 2. The molecular formula is C17H22BrN3O. The maximum atomic E-state index is 12.0. The maximum Gasteiger partial charge on any atom is 0.319 e. The molecule has 5 heteroatoms. The molecule has 22 heavy (non-hydrogen) atoms. The molecule has 1 aromatic rings. The van der Waals surface area contributed by atoms with Crippen molar-refractivity contribution in [2.45, 2.75) is 18.9 Å². The molecule has 0 aliphatic carbocycles. The number of nitrogens with zero attached hydrogens (tertiary/aromatic N) is 1. The van der Waals surface area contributed by atoms with Gasteiger partial charge in [-0.3, -0.25) is 4.90 Å². The molecule has 3 aliphatic rings. The Labute approximate surface area is 140 Å². The molecule has 4 nitrogen and oxygen atoms in total. The summed E-state index contributed by atoms with van der Waals surface area (Å²) >= 11 is 3.38. The van der Waals surface area contributed by atoms with Crippen molar-refractivity contribution in [3.63, 3.8) is 0 Å². The Bertz CT molecular complexity index is 545. The molecule has 2 bridgehead atoms. The van der Waals surface area contributed by atoms with Crippen LogP contribution in [0.2, 0.25) is 0 Å². The van der Waals surface area contributed by atoms with E-state index in [1.807, 2.05) is 24.3 Å². The molecule has 3 aliphatic heterocycles. The summed E-state index contributed by atoms with van der Waals surface area (Å²) < 4.78 is 1.00. The summed E-state index contributed by atoms with van der Waals surface area (Å²) in [6.07, 6.45) is 4.52. The predicted octanol–water partition coefficient (Wildman–Crippen LogP) is 3.47. The first-order chi connectivity index (χ1) is 10.7. The molecule has 118 valence electrons. The van der Waals surface area contributed by atoms with Crippen LogP contribution in [0, 0.1) is 11.8 Å². The van der Waals surface area contributed by atoms with E-state index < -0.39 is 0 Å². The number of benzene rings is 1. The zero-order valence-electron chi connectivity index (χ0n) is 12.6. The number of halogens is 1. The quantitative estimate of drug-likeness (QED) is 0.804. The predicted molar refractivity (Wildman–Crippen MR) is 92.9 cm³/mol. The van der Waals surface area contributed by atoms with Gasteiger partial charge in [0.15, 0.2) is 0 Å². The summed E-state index contributed by atoms with van der Waals surface area (Å²) in [4.78, 5) is 14.5. The molecule has 0 radical (unpaired) electrons. The lowest BCUT2D eigenvalue weighted by Crippen LogP contribution is -2.56. The molecule has 3 heterocycles. The van der Waals surface area contributed by atoms with Crippen LogP contribution in [-0.2, 0) is 0 Å². The Morgan fingerprint density at radius 2 is 2.18 bits per heavy atom. The molecule has 1 aromatic carbocycles. The highest BCUT2D eigenvalue weighted by molar-refractivity contribution is 9.10. The Morgan fingerprint density at radius 3 is 2.82 bits per heavy atom. The van der Waals surface area contributed by atoms with Crippen molar-refractivity contribution in [1.29, 1.82) is 0 Å². The molecular weight excluding hydrogens is 342 g/mol. The molecule has 3 fully saturated rings. The van der Waals surface area contributed by atoms with Gasteiger partial charge in [-0.1, -0.05) is 22.0 Å². The molecule has 2 N–H and O–H groups in total. The number of carbonyl (C=O) groups is 1. The van der Waals surface area contributed by atoms with Gasteiger partial charge < -0.3 is 10.6 Å². The number of nitrogens with one attached hydrogen (secondary N) is 2. The van der Waals surface area contributed by atoms with E-state index in [0.717, 1.165) is 35.6 Å². The normalized spacial score (nSPS) is 29.9. The first-order valence-corrected chi connectivity index (χ1v) is 8.62. The standard InChI is InChI=1S/C17H22BrN3O/c1-2-12-11-21-8-7-13(12)9-16(21)10-19-17(22)20-15-5-3-14(18)4-6-15/h2-6,12-13,16H,1,7-11H2,(H2,19,20,22)/t12-,13+,16-/m1/s1. The number of fused-ring (bicyclic) bond motifs is 3. The number of hydrogen-bond donors (Lipinski definition) is 2. The Balaban J connectivity index is 1.47. The highest BCUT2D eigenvalue weighted by Crippen LogP contribution is 2.36. The van der Waals surface area contributed by atoms with Crippen LogP contribution in [0.1, 0.15) is 12.8 Å². The van der Waals surface area contributed by atoms with Gasteiger partial charge in [0.25, 0.3) is 0 Å². The van der Waals surface area contributed by atoms with Crippen LogP contribution in [0.15, 0.2) is 41.4 Å². The number of anilines is 1. The van der Waals surface area contributed by atoms with Crippen LogP contribution in [0.4, 0.5) is 10.5 Å². The highest BCUT2D eigenvalue weighted by atomic mass is 79.9. The van der Waals surface area contributed by atoms with E-state index in [2.05, 4.69) is 44.1 Å². The van der Waals surface area contributed by atoms with Crippen molar-refractivity contribution in [3.05, 3.63) is 41.4 Å². The second kappa shape index (κ2) is 6.84. The van der Waals surface area contributed by atoms with E-state index >= 15 is 0 Å². The minimum Gasteiger partial charge on any atom is -0.336 e. The smallest absolute Gasteiger partial charge is 0.319 e. The van der Waals surface area contributed by atoms with Gasteiger partial charge in [-0.2, -0.15) is 0 Å². The van der Waals surface area contributed by atoms with Crippen molar-refractivity contribution in [1.82, 2.24) is 10.2 Å². The Morgan fingerprint density at radius 1 is 1.41 bits per heavy atom. The van der Waals surface area contributed by atoms with Crippen LogP contribution in [0.25, 0.3) is 0 Å². The van der Waals surface area contributed by atoms with Crippen LogP contribution < -0.4 is 10.6 Å². The van der Waals surface area contributed by atoms with Crippen molar-refractivity contribution >= 4 is 27.6 Å². The third-order valence-electron chi connectivity index (χ3n) is 4.83. The second-order valence-corrected chi connectivity index (χ2v) is 7.09. The van der Waals surface area contributed by atoms with E-state index in [4.69, 9.17) is 0 Å². The lowest BCUT2D eigenvalue weighted by molar-refractivity contribution is 0.0209. The Hall–Kier alpha value is -1.33. The zero-order valence-corrected chi connectivity index (χ0v) is 14.2. The summed E-state index contributed by atoms with van der Waals surface area (Å²) in [7, 11) is 0. The van der Waals surface area contributed by atoms with Crippen molar-refractivity contribution < 1.29 is 4.79 Å². The number of piperidine rings is 3. The molecule has 4 rings (SSSR count). The van der Waals surface area contributed by atoms with E-state index in [-0.39, 0.29) is 6.03 Å². The monoisotopic (exact) mass is 363 g/mol. The average molecular weight is 364 g/mol. The van der Waals surface area contributed by atoms with Gasteiger partial charge in [-0.05, 0) is 55.5 Å². The maximum absolute atomic E-state index is 12.0. The lowest BCUT2D eigenvalue weighted by atomic mass is 9.75. The van der Waals surface area contributed by atoms with Crippen LogP contribution >= 0.6 is 15.9 Å². The third kappa shape index (κ3) is 3.52. The number of urea groups is 1. The molecule has 0 aromatic heterocycles. The topological polar surface area (TPSA) is 44.4 Å². The summed E-state index contributed by atoms with van der Waals surface area (Å²) in [6, 6.07) is 7.92. The summed E-state index contributed by atoms with van der Waals surface area (Å²) in [6.45, 7) is 6.90. The van der Waals surface area contributed by atoms with Gasteiger partial charge in [0, 0.05) is 29.3 Å². The fourth-order valence-corrected chi connectivity index (χ4v) is 3.84. The number of amides is 2. The van der Waals surface area contributed by atoms with Crippen molar-refractivity contribution in [2.75, 3.05) is 25.0 Å². The second-order valence-electron chi connectivity index (χ2n) is 6.17. The molecule has 3 saturated heterocycles. The molecule has 1 unspecified atom stereocenters. The van der Waals surface area contributed by atoms with Crippen molar-refractivity contribution in [2.24, 2.45) is 11.8 Å². The first-order valence-electron chi connectivity index (χ1n) is 7.82. The number of carbonyl (C=O) groups excluding carboxylic acids is 1. The number of rotatable bonds is 4. The van der Waals surface area contributed by atoms with Gasteiger partial charge >= 0.3 is 6.03 Å². The van der Waals surface area contributed by atoms with Crippen LogP contribution in [-0.4, -0.2) is 36.6 Å². The van der Waals surface area contributed by atoms with Gasteiger partial charge in [-0.15, -0.1) is 6.58 Å². The van der Waals surface area contributed by atoms with Crippen LogP contribution in [0.3, 0.4) is 0 Å². The van der Waals surface area contributed by atoms with Gasteiger partial charge in [0.05, 0.1) is 0 Å².